The fraction of sp³-hybridized carbons (Fsp3) is 0.200. The van der Waals surface area contributed by atoms with Gasteiger partial charge in [0.1, 0.15) is 5.82 Å². The van der Waals surface area contributed by atoms with Crippen LogP contribution in [0.1, 0.15) is 18.1 Å². The molecular weight excluding hydrogens is 369 g/mol. The van der Waals surface area contributed by atoms with Gasteiger partial charge in [-0.15, -0.1) is 0 Å². The van der Waals surface area contributed by atoms with Crippen LogP contribution in [0.25, 0.3) is 0 Å². The largest absolute Gasteiger partial charge is 0.465 e. The second-order valence-corrected chi connectivity index (χ2v) is 6.16. The minimum absolute atomic E-state index is 0.0347. The van der Waals surface area contributed by atoms with Crippen molar-refractivity contribution < 1.29 is 13.9 Å². The number of hydrogen-bond acceptors (Lipinski definition) is 5. The summed E-state index contributed by atoms with van der Waals surface area (Å²) in [5.41, 5.74) is 1.89. The van der Waals surface area contributed by atoms with E-state index in [0.717, 1.165) is 0 Å². The Balaban J connectivity index is 2.14. The highest BCUT2D eigenvalue weighted by atomic mass is 35.5. The summed E-state index contributed by atoms with van der Waals surface area (Å²) in [7, 11) is 0. The van der Waals surface area contributed by atoms with Crippen molar-refractivity contribution in [3.05, 3.63) is 64.4 Å². The van der Waals surface area contributed by atoms with Gasteiger partial charge in [-0.1, -0.05) is 23.7 Å². The van der Waals surface area contributed by atoms with Crippen molar-refractivity contribution in [1.82, 2.24) is 0 Å². The van der Waals surface area contributed by atoms with Gasteiger partial charge in [0.2, 0.25) is 0 Å². The maximum Gasteiger partial charge on any atom is 0.329 e. The molecule has 1 aliphatic heterocycles. The molecule has 5 nitrogen and oxygen atoms in total. The Morgan fingerprint density at radius 1 is 1.33 bits per heavy atom. The van der Waals surface area contributed by atoms with E-state index in [1.54, 1.807) is 43.3 Å². The van der Waals surface area contributed by atoms with E-state index in [4.69, 9.17) is 16.3 Å². The first-order valence-corrected chi connectivity index (χ1v) is 8.66. The fourth-order valence-electron chi connectivity index (χ4n) is 2.76. The highest BCUT2D eigenvalue weighted by molar-refractivity contribution is 6.31. The van der Waals surface area contributed by atoms with Crippen LogP contribution in [0.15, 0.2) is 52.4 Å². The van der Waals surface area contributed by atoms with E-state index < -0.39 is 17.7 Å². The van der Waals surface area contributed by atoms with Crippen LogP contribution in [0.4, 0.5) is 10.1 Å². The zero-order valence-electron chi connectivity index (χ0n) is 14.4. The molecular formula is C20H15ClFN3O2. The van der Waals surface area contributed by atoms with Crippen LogP contribution in [0, 0.1) is 23.1 Å². The summed E-state index contributed by atoms with van der Waals surface area (Å²) < 4.78 is 19.3. The van der Waals surface area contributed by atoms with E-state index >= 15 is 0 Å². The summed E-state index contributed by atoms with van der Waals surface area (Å²) in [5.74, 6) is -2.30. The van der Waals surface area contributed by atoms with Gasteiger partial charge in [0.05, 0.1) is 36.3 Å². The van der Waals surface area contributed by atoms with Crippen LogP contribution >= 0.6 is 11.6 Å². The maximum atomic E-state index is 14.4. The molecule has 1 aliphatic rings. The lowest BCUT2D eigenvalue weighted by molar-refractivity contribution is -0.143. The number of hydrogen-bond donors (Lipinski definition) is 0. The average Bonchev–Trinajstić information content (AvgIpc) is 2.83. The first-order valence-electron chi connectivity index (χ1n) is 8.28. The quantitative estimate of drug-likeness (QED) is 0.746. The zero-order valence-corrected chi connectivity index (χ0v) is 15.2. The van der Waals surface area contributed by atoms with Gasteiger partial charge < -0.3 is 4.74 Å². The third-order valence-corrected chi connectivity index (χ3v) is 4.23. The minimum atomic E-state index is -1.18. The number of nitrogens with zero attached hydrogens (tertiary/aromatic N) is 3. The second kappa shape index (κ2) is 8.11. The lowest BCUT2D eigenvalue weighted by Gasteiger charge is -2.09. The summed E-state index contributed by atoms with van der Waals surface area (Å²) in [6.07, 6.45) is 0. The number of carbonyl (C=O) groups is 1. The lowest BCUT2D eigenvalue weighted by atomic mass is 10.0. The predicted molar refractivity (Wildman–Crippen MR) is 101 cm³/mol. The van der Waals surface area contributed by atoms with E-state index in [1.165, 1.54) is 6.07 Å². The molecule has 1 heterocycles. The van der Waals surface area contributed by atoms with Crippen LogP contribution in [-0.4, -0.2) is 30.5 Å². The Morgan fingerprint density at radius 3 is 2.81 bits per heavy atom. The number of ether oxygens (including phenoxy) is 1. The van der Waals surface area contributed by atoms with Crippen LogP contribution in [0.2, 0.25) is 5.02 Å². The van der Waals surface area contributed by atoms with Crippen LogP contribution < -0.4 is 0 Å². The molecule has 0 saturated carbocycles. The van der Waals surface area contributed by atoms with Gasteiger partial charge in [0, 0.05) is 16.1 Å². The SMILES string of the molecule is CCOC(=O)C(C#N)C1=Nc2ccc(Cl)cc2C(c2ccccc2F)=NC1. The van der Waals surface area contributed by atoms with Crippen molar-refractivity contribution >= 4 is 34.7 Å². The molecule has 1 atom stereocenters. The molecule has 136 valence electrons. The molecule has 3 rings (SSSR count). The lowest BCUT2D eigenvalue weighted by Crippen LogP contribution is -2.26. The van der Waals surface area contributed by atoms with E-state index in [-0.39, 0.29) is 18.9 Å². The number of halogens is 2. The number of esters is 1. The molecule has 0 saturated heterocycles. The monoisotopic (exact) mass is 383 g/mol. The number of rotatable bonds is 4. The highest BCUT2D eigenvalue weighted by Gasteiger charge is 2.28. The number of fused-ring (bicyclic) bond motifs is 1. The predicted octanol–water partition coefficient (Wildman–Crippen LogP) is 4.11. The molecule has 27 heavy (non-hydrogen) atoms. The Morgan fingerprint density at radius 2 is 2.11 bits per heavy atom. The minimum Gasteiger partial charge on any atom is -0.465 e. The summed E-state index contributed by atoms with van der Waals surface area (Å²) >= 11 is 6.12. The van der Waals surface area contributed by atoms with Gasteiger partial charge >= 0.3 is 5.97 Å². The Bertz CT molecular complexity index is 995. The van der Waals surface area contributed by atoms with Crippen molar-refractivity contribution in [3.8, 4) is 6.07 Å². The first kappa shape index (κ1) is 18.7. The molecule has 0 radical (unpaired) electrons. The van der Waals surface area contributed by atoms with Gasteiger partial charge in [-0.25, -0.2) is 4.39 Å². The molecule has 0 bridgehead atoms. The summed E-state index contributed by atoms with van der Waals surface area (Å²) in [5, 5.41) is 9.87. The van der Waals surface area contributed by atoms with Crippen LogP contribution in [-0.2, 0) is 9.53 Å². The molecule has 0 amide bonds. The smallest absolute Gasteiger partial charge is 0.329 e. The number of nitriles is 1. The van der Waals surface area contributed by atoms with E-state index in [0.29, 0.717) is 27.5 Å². The van der Waals surface area contributed by atoms with Crippen molar-refractivity contribution in [2.45, 2.75) is 6.92 Å². The van der Waals surface area contributed by atoms with Crippen LogP contribution in [0.5, 0.6) is 0 Å². The Kier molecular flexibility index (Phi) is 5.63. The molecule has 0 aromatic heterocycles. The second-order valence-electron chi connectivity index (χ2n) is 5.72. The number of carbonyl (C=O) groups excluding carboxylic acids is 1. The van der Waals surface area contributed by atoms with Crippen molar-refractivity contribution in [1.29, 1.82) is 5.26 Å². The first-order chi connectivity index (χ1) is 13.0. The van der Waals surface area contributed by atoms with Gasteiger partial charge in [-0.05, 0) is 37.3 Å². The van der Waals surface area contributed by atoms with Gasteiger partial charge in [-0.2, -0.15) is 5.26 Å². The van der Waals surface area contributed by atoms with Crippen molar-refractivity contribution in [2.75, 3.05) is 13.2 Å². The molecule has 0 N–H and O–H groups in total. The third kappa shape index (κ3) is 3.88. The van der Waals surface area contributed by atoms with E-state index in [2.05, 4.69) is 9.98 Å². The Hall–Kier alpha value is -3.04. The zero-order chi connectivity index (χ0) is 19.4. The standard InChI is InChI=1S/C20H15ClFN3O2/c1-2-27-20(26)15(10-23)18-11-24-19(13-5-3-4-6-16(13)22)14-9-12(21)7-8-17(14)25-18/h3-9,15H,2,11H2,1H3. The number of aliphatic imine (C=N–C) groups is 2. The van der Waals surface area contributed by atoms with Gasteiger partial charge in [0.25, 0.3) is 0 Å². The van der Waals surface area contributed by atoms with Crippen LogP contribution in [0.3, 0.4) is 0 Å². The molecule has 0 spiro atoms. The highest BCUT2D eigenvalue weighted by Crippen LogP contribution is 2.30. The van der Waals surface area contributed by atoms with E-state index in [1.807, 2.05) is 6.07 Å². The molecule has 7 heteroatoms. The molecule has 2 aromatic rings. The van der Waals surface area contributed by atoms with E-state index in [9.17, 15) is 14.4 Å². The topological polar surface area (TPSA) is 74.8 Å². The van der Waals surface area contributed by atoms with Crippen molar-refractivity contribution in [3.63, 3.8) is 0 Å². The molecule has 0 aliphatic carbocycles. The fourth-order valence-corrected chi connectivity index (χ4v) is 2.93. The molecule has 1 unspecified atom stereocenters. The average molecular weight is 384 g/mol. The number of benzene rings is 2. The maximum absolute atomic E-state index is 14.4. The Labute approximate surface area is 160 Å². The normalized spacial score (nSPS) is 14.1. The summed E-state index contributed by atoms with van der Waals surface area (Å²) in [6.45, 7) is 1.78. The summed E-state index contributed by atoms with van der Waals surface area (Å²) in [4.78, 5) is 21.0. The van der Waals surface area contributed by atoms with Gasteiger partial charge in [-0.3, -0.25) is 14.8 Å². The molecule has 0 fully saturated rings. The molecule has 2 aromatic carbocycles. The summed E-state index contributed by atoms with van der Waals surface area (Å²) in [6, 6.07) is 13.1. The third-order valence-electron chi connectivity index (χ3n) is 3.99. The van der Waals surface area contributed by atoms with Crippen molar-refractivity contribution in [2.24, 2.45) is 15.9 Å². The van der Waals surface area contributed by atoms with Gasteiger partial charge in [0.15, 0.2) is 5.92 Å².